The molecule has 4 nitrogen and oxygen atoms in total. The van der Waals surface area contributed by atoms with Gasteiger partial charge in [-0.05, 0) is 49.9 Å². The lowest BCUT2D eigenvalue weighted by atomic mass is 9.97. The summed E-state index contributed by atoms with van der Waals surface area (Å²) in [5.74, 6) is 2.75. The Hall–Kier alpha value is -1.55. The topological polar surface area (TPSA) is 32.6 Å². The third-order valence-electron chi connectivity index (χ3n) is 4.24. The fourth-order valence-corrected chi connectivity index (χ4v) is 3.21. The molecule has 0 amide bonds. The molecule has 1 unspecified atom stereocenters. The predicted octanol–water partition coefficient (Wildman–Crippen LogP) is 2.80. The molecule has 0 saturated carbocycles. The second-order valence-corrected chi connectivity index (χ2v) is 6.55. The van der Waals surface area contributed by atoms with Gasteiger partial charge in [0.05, 0.1) is 0 Å². The number of aromatic nitrogens is 2. The molecule has 0 radical (unpaired) electrons. The molecule has 2 aromatic rings. The zero-order valence-electron chi connectivity index (χ0n) is 13.1. The number of rotatable bonds is 5. The molecule has 0 bridgehead atoms. The Balaban J connectivity index is 1.67. The van der Waals surface area contributed by atoms with Crippen LogP contribution in [0.1, 0.15) is 26.7 Å². The van der Waals surface area contributed by atoms with Gasteiger partial charge in [-0.25, -0.2) is 4.98 Å². The van der Waals surface area contributed by atoms with Crippen molar-refractivity contribution < 1.29 is 0 Å². The van der Waals surface area contributed by atoms with Crippen LogP contribution in [0.5, 0.6) is 0 Å². The molecule has 0 aromatic carbocycles. The highest BCUT2D eigenvalue weighted by Crippen LogP contribution is 2.23. The average Bonchev–Trinajstić information content (AvgIpc) is 2.95. The van der Waals surface area contributed by atoms with E-state index in [9.17, 15) is 0 Å². The molecule has 114 valence electrons. The number of fused-ring (bicyclic) bond motifs is 1. The molecule has 1 aliphatic rings. The summed E-state index contributed by atoms with van der Waals surface area (Å²) in [4.78, 5) is 6.90. The van der Waals surface area contributed by atoms with Crippen molar-refractivity contribution in [2.45, 2.75) is 26.7 Å². The van der Waals surface area contributed by atoms with Gasteiger partial charge < -0.3 is 10.2 Å². The lowest BCUT2D eigenvalue weighted by Gasteiger charge is -2.35. The minimum Gasteiger partial charge on any atom is -0.357 e. The number of nitrogens with one attached hydrogen (secondary N) is 1. The maximum Gasteiger partial charge on any atom is 0.138 e. The molecule has 0 aliphatic carbocycles. The van der Waals surface area contributed by atoms with Crippen LogP contribution in [0.15, 0.2) is 30.6 Å². The molecule has 3 rings (SSSR count). The SMILES string of the molecule is CC(C)CNCC1CCCN(c2cccc3nccn23)C1. The third-order valence-corrected chi connectivity index (χ3v) is 4.24. The Labute approximate surface area is 127 Å². The van der Waals surface area contributed by atoms with Crippen LogP contribution >= 0.6 is 0 Å². The van der Waals surface area contributed by atoms with Gasteiger partial charge in [-0.15, -0.1) is 0 Å². The van der Waals surface area contributed by atoms with Crippen molar-refractivity contribution in [3.8, 4) is 0 Å². The minimum atomic E-state index is 0.726. The number of piperidine rings is 1. The summed E-state index contributed by atoms with van der Waals surface area (Å²) in [6, 6.07) is 6.38. The summed E-state index contributed by atoms with van der Waals surface area (Å²) in [5.41, 5.74) is 1.03. The normalized spacial score (nSPS) is 19.6. The molecular weight excluding hydrogens is 260 g/mol. The molecule has 4 heteroatoms. The van der Waals surface area contributed by atoms with Crippen LogP contribution in [-0.4, -0.2) is 35.6 Å². The van der Waals surface area contributed by atoms with Gasteiger partial charge in [0.25, 0.3) is 0 Å². The van der Waals surface area contributed by atoms with Crippen LogP contribution in [0.4, 0.5) is 5.82 Å². The maximum absolute atomic E-state index is 4.39. The molecule has 1 N–H and O–H groups in total. The van der Waals surface area contributed by atoms with Crippen molar-refractivity contribution in [3.05, 3.63) is 30.6 Å². The first-order valence-corrected chi connectivity index (χ1v) is 8.12. The van der Waals surface area contributed by atoms with E-state index >= 15 is 0 Å². The number of nitrogens with zero attached hydrogens (tertiary/aromatic N) is 3. The highest BCUT2D eigenvalue weighted by Gasteiger charge is 2.21. The molecule has 1 aliphatic heterocycles. The number of imidazole rings is 1. The molecule has 2 aromatic heterocycles. The van der Waals surface area contributed by atoms with E-state index < -0.39 is 0 Å². The first-order valence-electron chi connectivity index (χ1n) is 8.12. The fraction of sp³-hybridized carbons (Fsp3) is 0.588. The lowest BCUT2D eigenvalue weighted by molar-refractivity contribution is 0.381. The first-order chi connectivity index (χ1) is 10.2. The van der Waals surface area contributed by atoms with E-state index in [4.69, 9.17) is 0 Å². The maximum atomic E-state index is 4.39. The molecule has 1 atom stereocenters. The molecule has 0 spiro atoms. The van der Waals surface area contributed by atoms with Crippen molar-refractivity contribution in [2.24, 2.45) is 11.8 Å². The standard InChI is InChI=1S/C17H26N4/c1-14(2)11-18-12-15-5-4-9-20(13-15)17-7-3-6-16-19-8-10-21(16)17/h3,6-8,10,14-15,18H,4-5,9,11-13H2,1-2H3. The van der Waals surface area contributed by atoms with E-state index in [2.05, 4.69) is 57.8 Å². The summed E-state index contributed by atoms with van der Waals surface area (Å²) < 4.78 is 2.20. The van der Waals surface area contributed by atoms with Crippen LogP contribution in [0, 0.1) is 11.8 Å². The molecule has 21 heavy (non-hydrogen) atoms. The van der Waals surface area contributed by atoms with Gasteiger partial charge in [-0.1, -0.05) is 19.9 Å². The molecular formula is C17H26N4. The van der Waals surface area contributed by atoms with Crippen LogP contribution < -0.4 is 10.2 Å². The second-order valence-electron chi connectivity index (χ2n) is 6.55. The zero-order valence-corrected chi connectivity index (χ0v) is 13.1. The average molecular weight is 286 g/mol. The van der Waals surface area contributed by atoms with Crippen molar-refractivity contribution in [2.75, 3.05) is 31.1 Å². The molecule has 3 heterocycles. The summed E-state index contributed by atoms with van der Waals surface area (Å²) in [5, 5.41) is 3.61. The van der Waals surface area contributed by atoms with E-state index in [-0.39, 0.29) is 0 Å². The van der Waals surface area contributed by atoms with Crippen LogP contribution in [-0.2, 0) is 0 Å². The second kappa shape index (κ2) is 6.48. The number of pyridine rings is 1. The molecule has 1 saturated heterocycles. The van der Waals surface area contributed by atoms with Gasteiger partial charge in [0.1, 0.15) is 11.5 Å². The fourth-order valence-electron chi connectivity index (χ4n) is 3.21. The van der Waals surface area contributed by atoms with Crippen molar-refractivity contribution in [1.29, 1.82) is 0 Å². The number of anilines is 1. The van der Waals surface area contributed by atoms with Crippen molar-refractivity contribution in [1.82, 2.24) is 14.7 Å². The van der Waals surface area contributed by atoms with E-state index in [1.54, 1.807) is 0 Å². The lowest BCUT2D eigenvalue weighted by Crippen LogP contribution is -2.41. The van der Waals surface area contributed by atoms with Crippen molar-refractivity contribution >= 4 is 11.5 Å². The van der Waals surface area contributed by atoms with Crippen LogP contribution in [0.25, 0.3) is 5.65 Å². The Morgan fingerprint density at radius 2 is 2.29 bits per heavy atom. The summed E-state index contributed by atoms with van der Waals surface area (Å²) in [6.45, 7) is 9.07. The van der Waals surface area contributed by atoms with Crippen LogP contribution in [0.2, 0.25) is 0 Å². The summed E-state index contributed by atoms with van der Waals surface area (Å²) >= 11 is 0. The number of hydrogen-bond donors (Lipinski definition) is 1. The van der Waals surface area contributed by atoms with E-state index in [1.165, 1.54) is 18.7 Å². The minimum absolute atomic E-state index is 0.726. The van der Waals surface area contributed by atoms with Gasteiger partial charge in [0, 0.05) is 25.5 Å². The largest absolute Gasteiger partial charge is 0.357 e. The van der Waals surface area contributed by atoms with E-state index in [0.717, 1.165) is 43.7 Å². The van der Waals surface area contributed by atoms with Gasteiger partial charge >= 0.3 is 0 Å². The monoisotopic (exact) mass is 286 g/mol. The van der Waals surface area contributed by atoms with E-state index in [1.807, 2.05) is 6.20 Å². The third kappa shape index (κ3) is 3.38. The van der Waals surface area contributed by atoms with Gasteiger partial charge in [0.15, 0.2) is 0 Å². The first kappa shape index (κ1) is 14.4. The van der Waals surface area contributed by atoms with Gasteiger partial charge in [-0.3, -0.25) is 4.40 Å². The zero-order chi connectivity index (χ0) is 14.7. The smallest absolute Gasteiger partial charge is 0.138 e. The highest BCUT2D eigenvalue weighted by molar-refractivity contribution is 5.51. The van der Waals surface area contributed by atoms with Gasteiger partial charge in [-0.2, -0.15) is 0 Å². The Morgan fingerprint density at radius 3 is 3.14 bits per heavy atom. The quantitative estimate of drug-likeness (QED) is 0.917. The van der Waals surface area contributed by atoms with E-state index in [0.29, 0.717) is 0 Å². The van der Waals surface area contributed by atoms with Gasteiger partial charge in [0.2, 0.25) is 0 Å². The van der Waals surface area contributed by atoms with Crippen LogP contribution in [0.3, 0.4) is 0 Å². The molecule has 1 fully saturated rings. The number of hydrogen-bond acceptors (Lipinski definition) is 3. The predicted molar refractivity (Wildman–Crippen MR) is 87.8 cm³/mol. The summed E-state index contributed by atoms with van der Waals surface area (Å²) in [7, 11) is 0. The Morgan fingerprint density at radius 1 is 1.38 bits per heavy atom. The Kier molecular flexibility index (Phi) is 4.44. The highest BCUT2D eigenvalue weighted by atomic mass is 15.2. The van der Waals surface area contributed by atoms with Crippen molar-refractivity contribution in [3.63, 3.8) is 0 Å². The summed E-state index contributed by atoms with van der Waals surface area (Å²) in [6.07, 6.45) is 6.55. The Bertz CT molecular complexity index is 575.